The van der Waals surface area contributed by atoms with Crippen molar-refractivity contribution in [3.8, 4) is 0 Å². The second kappa shape index (κ2) is 7.40. The van der Waals surface area contributed by atoms with Gasteiger partial charge in [-0.3, -0.25) is 0 Å². The minimum Gasteiger partial charge on any atom is -0.396 e. The van der Waals surface area contributed by atoms with Crippen LogP contribution in [0.5, 0.6) is 0 Å². The molecule has 20 heavy (non-hydrogen) atoms. The Morgan fingerprint density at radius 2 is 2.35 bits per heavy atom. The van der Waals surface area contributed by atoms with Gasteiger partial charge in [-0.25, -0.2) is 9.97 Å². The summed E-state index contributed by atoms with van der Waals surface area (Å²) in [5.74, 6) is 2.80. The van der Waals surface area contributed by atoms with Crippen molar-refractivity contribution in [3.05, 3.63) is 11.9 Å². The molecule has 0 bridgehead atoms. The van der Waals surface area contributed by atoms with Crippen LogP contribution < -0.4 is 10.2 Å². The number of rotatable bonds is 7. The molecule has 2 rings (SSSR count). The summed E-state index contributed by atoms with van der Waals surface area (Å²) in [6.45, 7) is 5.45. The maximum absolute atomic E-state index is 9.25. The van der Waals surface area contributed by atoms with Crippen LogP contribution in [0.25, 0.3) is 0 Å². The van der Waals surface area contributed by atoms with Crippen molar-refractivity contribution >= 4 is 11.6 Å². The van der Waals surface area contributed by atoms with Gasteiger partial charge in [-0.2, -0.15) is 0 Å². The molecule has 0 spiro atoms. The van der Waals surface area contributed by atoms with Gasteiger partial charge < -0.3 is 20.1 Å². The minimum atomic E-state index is 0.244. The molecular weight excluding hydrogens is 256 g/mol. The highest BCUT2D eigenvalue weighted by atomic mass is 16.5. The molecule has 1 unspecified atom stereocenters. The zero-order valence-corrected chi connectivity index (χ0v) is 12.3. The molecule has 1 atom stereocenters. The number of aromatic nitrogens is 2. The van der Waals surface area contributed by atoms with Crippen molar-refractivity contribution in [1.29, 1.82) is 0 Å². The molecule has 1 aromatic rings. The van der Waals surface area contributed by atoms with Gasteiger partial charge in [-0.05, 0) is 12.8 Å². The Balaban J connectivity index is 2.15. The molecule has 0 aliphatic carbocycles. The standard InChI is InChI=1S/C14H24N4O2/c1-3-5-15-12-7-14(17-13(16-12)10-20-2)18-6-4-11(8-18)9-19/h7,11,19H,3-6,8-10H2,1-2H3,(H,15,16,17). The van der Waals surface area contributed by atoms with E-state index in [2.05, 4.69) is 27.1 Å². The molecular formula is C14H24N4O2. The normalized spacial score (nSPS) is 18.6. The summed E-state index contributed by atoms with van der Waals surface area (Å²) in [5, 5.41) is 12.5. The van der Waals surface area contributed by atoms with Crippen molar-refractivity contribution in [2.75, 3.05) is 43.6 Å². The first-order valence-electron chi connectivity index (χ1n) is 7.23. The van der Waals surface area contributed by atoms with Crippen molar-refractivity contribution in [2.45, 2.75) is 26.4 Å². The highest BCUT2D eigenvalue weighted by molar-refractivity contribution is 5.50. The van der Waals surface area contributed by atoms with Crippen molar-refractivity contribution in [1.82, 2.24) is 9.97 Å². The van der Waals surface area contributed by atoms with Crippen molar-refractivity contribution in [3.63, 3.8) is 0 Å². The number of hydrogen-bond donors (Lipinski definition) is 2. The van der Waals surface area contributed by atoms with E-state index < -0.39 is 0 Å². The van der Waals surface area contributed by atoms with Crippen molar-refractivity contribution < 1.29 is 9.84 Å². The van der Waals surface area contributed by atoms with Gasteiger partial charge >= 0.3 is 0 Å². The first kappa shape index (κ1) is 15.0. The van der Waals surface area contributed by atoms with Crippen LogP contribution in [-0.2, 0) is 11.3 Å². The van der Waals surface area contributed by atoms with Crippen LogP contribution >= 0.6 is 0 Å². The van der Waals surface area contributed by atoms with Gasteiger partial charge in [0.2, 0.25) is 0 Å². The molecule has 0 saturated carbocycles. The predicted molar refractivity (Wildman–Crippen MR) is 78.9 cm³/mol. The van der Waals surface area contributed by atoms with Gasteiger partial charge in [-0.15, -0.1) is 0 Å². The van der Waals surface area contributed by atoms with E-state index in [0.717, 1.165) is 44.1 Å². The van der Waals surface area contributed by atoms with E-state index in [9.17, 15) is 5.11 Å². The number of nitrogens with zero attached hydrogens (tertiary/aromatic N) is 3. The van der Waals surface area contributed by atoms with Crippen LogP contribution in [0.2, 0.25) is 0 Å². The fourth-order valence-electron chi connectivity index (χ4n) is 2.37. The van der Waals surface area contributed by atoms with Crippen LogP contribution in [0, 0.1) is 5.92 Å². The Morgan fingerprint density at radius 3 is 3.00 bits per heavy atom. The number of aliphatic hydroxyl groups excluding tert-OH is 1. The molecule has 112 valence electrons. The minimum absolute atomic E-state index is 0.244. The molecule has 6 heteroatoms. The van der Waals surface area contributed by atoms with E-state index in [1.54, 1.807) is 7.11 Å². The first-order valence-corrected chi connectivity index (χ1v) is 7.23. The predicted octanol–water partition coefficient (Wildman–Crippen LogP) is 1.26. The van der Waals surface area contributed by atoms with E-state index in [1.807, 2.05) is 6.07 Å². The zero-order valence-electron chi connectivity index (χ0n) is 12.3. The maximum Gasteiger partial charge on any atom is 0.158 e. The lowest BCUT2D eigenvalue weighted by molar-refractivity contribution is 0.178. The summed E-state index contributed by atoms with van der Waals surface area (Å²) in [4.78, 5) is 11.2. The fraction of sp³-hybridized carbons (Fsp3) is 0.714. The van der Waals surface area contributed by atoms with Crippen molar-refractivity contribution in [2.24, 2.45) is 5.92 Å². The fourth-order valence-corrected chi connectivity index (χ4v) is 2.37. The van der Waals surface area contributed by atoms with Crippen LogP contribution in [0.3, 0.4) is 0 Å². The Hall–Kier alpha value is -1.40. The largest absolute Gasteiger partial charge is 0.396 e. The van der Waals surface area contributed by atoms with E-state index >= 15 is 0 Å². The monoisotopic (exact) mass is 280 g/mol. The van der Waals surface area contributed by atoms with Crippen LogP contribution in [0.1, 0.15) is 25.6 Å². The van der Waals surface area contributed by atoms with Gasteiger partial charge in [-0.1, -0.05) is 6.92 Å². The zero-order chi connectivity index (χ0) is 14.4. The van der Waals surface area contributed by atoms with E-state index in [1.165, 1.54) is 0 Å². The third-order valence-corrected chi connectivity index (χ3v) is 3.46. The third kappa shape index (κ3) is 3.80. The molecule has 1 fully saturated rings. The summed E-state index contributed by atoms with van der Waals surface area (Å²) in [6, 6.07) is 1.98. The Morgan fingerprint density at radius 1 is 1.50 bits per heavy atom. The summed E-state index contributed by atoms with van der Waals surface area (Å²) >= 11 is 0. The highest BCUT2D eigenvalue weighted by Crippen LogP contribution is 2.24. The summed E-state index contributed by atoms with van der Waals surface area (Å²) < 4.78 is 5.14. The maximum atomic E-state index is 9.25. The quantitative estimate of drug-likeness (QED) is 0.783. The molecule has 1 saturated heterocycles. The average Bonchev–Trinajstić information content (AvgIpc) is 2.94. The SMILES string of the molecule is CCCNc1cc(N2CCC(CO)C2)nc(COC)n1. The average molecular weight is 280 g/mol. The van der Waals surface area contributed by atoms with Gasteiger partial charge in [0.1, 0.15) is 18.2 Å². The molecule has 2 N–H and O–H groups in total. The number of ether oxygens (including phenoxy) is 1. The van der Waals surface area contributed by atoms with E-state index in [-0.39, 0.29) is 6.61 Å². The smallest absolute Gasteiger partial charge is 0.158 e. The third-order valence-electron chi connectivity index (χ3n) is 3.46. The second-order valence-corrected chi connectivity index (χ2v) is 5.17. The highest BCUT2D eigenvalue weighted by Gasteiger charge is 2.23. The number of nitrogens with one attached hydrogen (secondary N) is 1. The topological polar surface area (TPSA) is 70.5 Å². The first-order chi connectivity index (χ1) is 9.76. The number of methoxy groups -OCH3 is 1. The number of anilines is 2. The molecule has 0 aromatic carbocycles. The van der Waals surface area contributed by atoms with E-state index in [4.69, 9.17) is 4.74 Å². The van der Waals surface area contributed by atoms with Crippen LogP contribution in [0.4, 0.5) is 11.6 Å². The summed E-state index contributed by atoms with van der Waals surface area (Å²) in [7, 11) is 1.65. The molecule has 6 nitrogen and oxygen atoms in total. The van der Waals surface area contributed by atoms with E-state index in [0.29, 0.717) is 18.3 Å². The molecule has 0 radical (unpaired) electrons. The summed E-state index contributed by atoms with van der Waals surface area (Å²) in [5.41, 5.74) is 0. The molecule has 1 aromatic heterocycles. The second-order valence-electron chi connectivity index (χ2n) is 5.17. The molecule has 1 aliphatic rings. The van der Waals surface area contributed by atoms with Crippen LogP contribution in [0.15, 0.2) is 6.07 Å². The Labute approximate surface area is 120 Å². The summed E-state index contributed by atoms with van der Waals surface area (Å²) in [6.07, 6.45) is 2.06. The molecule has 0 amide bonds. The van der Waals surface area contributed by atoms with Gasteiger partial charge in [0.25, 0.3) is 0 Å². The lowest BCUT2D eigenvalue weighted by Gasteiger charge is -2.19. The lowest BCUT2D eigenvalue weighted by Crippen LogP contribution is -2.23. The Bertz CT molecular complexity index is 428. The molecule has 1 aliphatic heterocycles. The molecule has 2 heterocycles. The Kier molecular flexibility index (Phi) is 5.55. The number of aliphatic hydroxyl groups is 1. The van der Waals surface area contributed by atoms with Gasteiger partial charge in [0.15, 0.2) is 5.82 Å². The lowest BCUT2D eigenvalue weighted by atomic mass is 10.1. The van der Waals surface area contributed by atoms with Gasteiger partial charge in [0, 0.05) is 45.3 Å². The number of hydrogen-bond acceptors (Lipinski definition) is 6. The van der Waals surface area contributed by atoms with Crippen LogP contribution in [-0.4, -0.2) is 48.4 Å². The van der Waals surface area contributed by atoms with Gasteiger partial charge in [0.05, 0.1) is 0 Å².